The van der Waals surface area contributed by atoms with E-state index in [-0.39, 0.29) is 12.5 Å². The highest BCUT2D eigenvalue weighted by Crippen LogP contribution is 2.44. The minimum absolute atomic E-state index is 0.00956. The van der Waals surface area contributed by atoms with E-state index in [1.807, 2.05) is 48.5 Å². The van der Waals surface area contributed by atoms with E-state index < -0.39 is 65.0 Å². The lowest BCUT2D eigenvalue weighted by molar-refractivity contribution is -0.152. The molecule has 0 saturated heterocycles. The van der Waals surface area contributed by atoms with Crippen LogP contribution in [0.1, 0.15) is 37.3 Å². The average Bonchev–Trinajstić information content (AvgIpc) is 3.19. The van der Waals surface area contributed by atoms with Crippen molar-refractivity contribution in [2.24, 2.45) is 11.8 Å². The molecular weight excluding hydrogens is 483 g/mol. The molecule has 0 bridgehead atoms. The van der Waals surface area contributed by atoms with Gasteiger partial charge >= 0.3 is 11.9 Å². The molecule has 0 spiro atoms. The molecule has 0 unspecified atom stereocenters. The van der Waals surface area contributed by atoms with Gasteiger partial charge in [0.15, 0.2) is 0 Å². The Hall–Kier alpha value is -3.75. The van der Waals surface area contributed by atoms with Gasteiger partial charge in [0.25, 0.3) is 0 Å². The predicted molar refractivity (Wildman–Crippen MR) is 119 cm³/mol. The van der Waals surface area contributed by atoms with Gasteiger partial charge in [-0.3, -0.25) is 9.59 Å². The zero-order valence-corrected chi connectivity index (χ0v) is 19.3. The van der Waals surface area contributed by atoms with Crippen LogP contribution in [0, 0.1) is 40.9 Å². The summed E-state index contributed by atoms with van der Waals surface area (Å²) in [6.45, 7) is 3.08. The van der Waals surface area contributed by atoms with Crippen LogP contribution in [-0.2, 0) is 14.3 Å². The molecule has 1 aliphatic carbocycles. The van der Waals surface area contributed by atoms with E-state index in [0.29, 0.717) is 0 Å². The van der Waals surface area contributed by atoms with Crippen LogP contribution in [0.2, 0.25) is 0 Å². The lowest BCUT2D eigenvalue weighted by Crippen LogP contribution is -2.29. The van der Waals surface area contributed by atoms with Gasteiger partial charge in [0.2, 0.25) is 34.8 Å². The number of carbonyl (C=O) groups is 2. The Morgan fingerprint density at radius 3 is 1.75 bits per heavy atom. The van der Waals surface area contributed by atoms with Gasteiger partial charge in [0, 0.05) is 5.92 Å². The molecule has 1 atom stereocenters. The van der Waals surface area contributed by atoms with Gasteiger partial charge in [-0.25, -0.2) is 13.2 Å². The lowest BCUT2D eigenvalue weighted by Gasteiger charge is -2.20. The lowest BCUT2D eigenvalue weighted by atomic mass is 9.92. The summed E-state index contributed by atoms with van der Waals surface area (Å²) in [6, 6.07) is 15.4. The minimum Gasteiger partial charge on any atom is -0.465 e. The Morgan fingerprint density at radius 1 is 0.778 bits per heavy atom. The molecule has 4 nitrogen and oxygen atoms in total. The maximum atomic E-state index is 13.9. The van der Waals surface area contributed by atoms with Gasteiger partial charge < -0.3 is 9.47 Å². The first-order chi connectivity index (χ1) is 17.1. The Bertz CT molecular complexity index is 1260. The van der Waals surface area contributed by atoms with Crippen LogP contribution in [0.3, 0.4) is 0 Å². The summed E-state index contributed by atoms with van der Waals surface area (Å²) < 4.78 is 78.0. The number of benzene rings is 3. The monoisotopic (exact) mass is 504 g/mol. The summed E-state index contributed by atoms with van der Waals surface area (Å²) in [5.41, 5.74) is 4.02. The van der Waals surface area contributed by atoms with Crippen LogP contribution in [0.5, 0.6) is 5.75 Å². The Balaban J connectivity index is 1.47. The molecule has 188 valence electrons. The molecule has 0 aromatic heterocycles. The van der Waals surface area contributed by atoms with Crippen molar-refractivity contribution in [2.75, 3.05) is 6.61 Å². The van der Waals surface area contributed by atoms with Crippen LogP contribution in [0.4, 0.5) is 22.0 Å². The van der Waals surface area contributed by atoms with Gasteiger partial charge in [-0.2, -0.15) is 8.78 Å². The zero-order valence-electron chi connectivity index (χ0n) is 19.3. The Kier molecular flexibility index (Phi) is 7.10. The molecule has 9 heteroatoms. The van der Waals surface area contributed by atoms with E-state index in [2.05, 4.69) is 4.74 Å². The Morgan fingerprint density at radius 2 is 1.25 bits per heavy atom. The van der Waals surface area contributed by atoms with Gasteiger partial charge in [0.1, 0.15) is 6.61 Å². The molecule has 0 fully saturated rings. The number of ether oxygens (including phenoxy) is 2. The highest BCUT2D eigenvalue weighted by molar-refractivity contribution is 5.82. The van der Waals surface area contributed by atoms with Crippen LogP contribution in [0.25, 0.3) is 11.1 Å². The molecule has 36 heavy (non-hydrogen) atoms. The molecule has 0 N–H and O–H groups in total. The molecule has 0 saturated carbocycles. The van der Waals surface area contributed by atoms with Crippen molar-refractivity contribution in [1.82, 2.24) is 0 Å². The molecule has 0 heterocycles. The number of halogens is 5. The van der Waals surface area contributed by atoms with E-state index in [1.54, 1.807) is 13.8 Å². The molecule has 3 aromatic carbocycles. The Labute approximate surface area is 203 Å². The summed E-state index contributed by atoms with van der Waals surface area (Å²) in [4.78, 5) is 25.2. The molecule has 0 amide bonds. The standard InChI is InChI=1S/C27H21F5O4/c1-13(2)18(27(34)36-26-24(31)22(29)21(28)23(30)25(26)32)11-20(33)35-12-19-16-9-5-3-7-14(16)15-8-4-6-10-17(15)19/h3-10,13,18-19H,11-12H2,1-2H3/t18-/m0/s1. The summed E-state index contributed by atoms with van der Waals surface area (Å²) >= 11 is 0. The zero-order chi connectivity index (χ0) is 26.1. The summed E-state index contributed by atoms with van der Waals surface area (Å²) in [5, 5.41) is 0. The molecule has 0 radical (unpaired) electrons. The van der Waals surface area contributed by atoms with Crippen LogP contribution in [0.15, 0.2) is 48.5 Å². The van der Waals surface area contributed by atoms with E-state index in [0.717, 1.165) is 22.3 Å². The highest BCUT2D eigenvalue weighted by Gasteiger charge is 2.34. The fourth-order valence-corrected chi connectivity index (χ4v) is 4.30. The van der Waals surface area contributed by atoms with Crippen LogP contribution < -0.4 is 4.74 Å². The van der Waals surface area contributed by atoms with Gasteiger partial charge in [-0.15, -0.1) is 0 Å². The van der Waals surface area contributed by atoms with E-state index in [1.165, 1.54) is 0 Å². The third kappa shape index (κ3) is 4.57. The number of hydrogen-bond acceptors (Lipinski definition) is 4. The number of rotatable bonds is 7. The summed E-state index contributed by atoms with van der Waals surface area (Å²) in [6.07, 6.45) is -0.512. The van der Waals surface area contributed by atoms with E-state index >= 15 is 0 Å². The maximum absolute atomic E-state index is 13.9. The summed E-state index contributed by atoms with van der Waals surface area (Å²) in [5.74, 6) is -17.3. The van der Waals surface area contributed by atoms with E-state index in [4.69, 9.17) is 4.74 Å². The fourth-order valence-electron chi connectivity index (χ4n) is 4.30. The fraction of sp³-hybridized carbons (Fsp3) is 0.259. The van der Waals surface area contributed by atoms with Crippen LogP contribution in [-0.4, -0.2) is 18.5 Å². The average molecular weight is 504 g/mol. The molecule has 0 aliphatic heterocycles. The van der Waals surface area contributed by atoms with Crippen molar-refractivity contribution in [2.45, 2.75) is 26.2 Å². The predicted octanol–water partition coefficient (Wildman–Crippen LogP) is 6.31. The summed E-state index contributed by atoms with van der Waals surface area (Å²) in [7, 11) is 0. The third-order valence-corrected chi connectivity index (χ3v) is 6.24. The van der Waals surface area contributed by atoms with Gasteiger partial charge in [-0.05, 0) is 28.2 Å². The number of esters is 2. The first-order valence-electron chi connectivity index (χ1n) is 11.2. The van der Waals surface area contributed by atoms with E-state index in [9.17, 15) is 31.5 Å². The van der Waals surface area contributed by atoms with Crippen molar-refractivity contribution >= 4 is 11.9 Å². The smallest absolute Gasteiger partial charge is 0.315 e. The van der Waals surface area contributed by atoms with Gasteiger partial charge in [-0.1, -0.05) is 62.4 Å². The number of hydrogen-bond donors (Lipinski definition) is 0. The second-order valence-corrected chi connectivity index (χ2v) is 8.78. The van der Waals surface area contributed by atoms with Crippen molar-refractivity contribution in [3.05, 3.63) is 88.7 Å². The maximum Gasteiger partial charge on any atom is 0.315 e. The van der Waals surface area contributed by atoms with Crippen molar-refractivity contribution in [3.8, 4) is 16.9 Å². The molecule has 3 aromatic rings. The van der Waals surface area contributed by atoms with Crippen molar-refractivity contribution in [1.29, 1.82) is 0 Å². The van der Waals surface area contributed by atoms with Gasteiger partial charge in [0.05, 0.1) is 12.3 Å². The number of carbonyl (C=O) groups excluding carboxylic acids is 2. The van der Waals surface area contributed by atoms with Crippen molar-refractivity contribution < 1.29 is 41.0 Å². The minimum atomic E-state index is -2.37. The normalized spacial score (nSPS) is 13.3. The largest absolute Gasteiger partial charge is 0.465 e. The molecule has 1 aliphatic rings. The molecular formula is C27H21F5O4. The van der Waals surface area contributed by atoms with Crippen LogP contribution >= 0.6 is 0 Å². The second kappa shape index (κ2) is 10.1. The second-order valence-electron chi connectivity index (χ2n) is 8.78. The quantitative estimate of drug-likeness (QED) is 0.125. The first kappa shape index (κ1) is 25.3. The topological polar surface area (TPSA) is 52.6 Å². The van der Waals surface area contributed by atoms with Crippen molar-refractivity contribution in [3.63, 3.8) is 0 Å². The molecule has 4 rings (SSSR count). The first-order valence-corrected chi connectivity index (χ1v) is 11.2. The SMILES string of the molecule is CC(C)[C@H](CC(=O)OCC1c2ccccc2-c2ccccc21)C(=O)Oc1c(F)c(F)c(F)c(F)c1F. The third-order valence-electron chi connectivity index (χ3n) is 6.24. The number of fused-ring (bicyclic) bond motifs is 3. The highest BCUT2D eigenvalue weighted by atomic mass is 19.2.